The minimum Gasteiger partial charge on any atom is -0.495 e. The number of nitriles is 1. The largest absolute Gasteiger partial charge is 0.495 e. The molecular weight excluding hydrogens is 426 g/mol. The number of nitrogens with zero attached hydrogens (tertiary/aromatic N) is 2. The molecule has 4 rings (SSSR count). The Morgan fingerprint density at radius 3 is 2.50 bits per heavy atom. The Bertz CT molecular complexity index is 1290. The molecule has 1 heterocycles. The highest BCUT2D eigenvalue weighted by Crippen LogP contribution is 2.40. The molecule has 3 aromatic carbocycles. The molecule has 7 heteroatoms. The first-order valence-corrected chi connectivity index (χ1v) is 10.2. The van der Waals surface area contributed by atoms with Crippen molar-refractivity contribution in [3.8, 4) is 11.8 Å². The minimum atomic E-state index is -0.685. The summed E-state index contributed by atoms with van der Waals surface area (Å²) in [7, 11) is 1.48. The number of hydrogen-bond donors (Lipinski definition) is 1. The maximum atomic E-state index is 13.4. The third-order valence-corrected chi connectivity index (χ3v) is 5.52. The molecule has 32 heavy (non-hydrogen) atoms. The van der Waals surface area contributed by atoms with Gasteiger partial charge in [-0.25, -0.2) is 0 Å². The molecule has 3 aromatic rings. The average Bonchev–Trinajstić information content (AvgIpc) is 3.08. The third kappa shape index (κ3) is 3.82. The van der Waals surface area contributed by atoms with Gasteiger partial charge in [0.25, 0.3) is 11.8 Å². The molecule has 0 aliphatic carbocycles. The van der Waals surface area contributed by atoms with Crippen LogP contribution in [0.25, 0.3) is 5.57 Å². The number of ether oxygens (including phenoxy) is 1. The number of nitrogens with one attached hydrogen (secondary N) is 1. The van der Waals surface area contributed by atoms with Crippen LogP contribution in [-0.2, 0) is 16.1 Å². The number of benzene rings is 3. The number of hydrogen-bond acceptors (Lipinski definition) is 4. The molecule has 0 fully saturated rings. The van der Waals surface area contributed by atoms with Crippen molar-refractivity contribution < 1.29 is 14.3 Å². The summed E-state index contributed by atoms with van der Waals surface area (Å²) in [4.78, 5) is 28.0. The van der Waals surface area contributed by atoms with Gasteiger partial charge < -0.3 is 15.0 Å². The van der Waals surface area contributed by atoms with E-state index in [1.54, 1.807) is 54.6 Å². The fraction of sp³-hybridized carbons (Fsp3) is 0.0800. The molecule has 0 radical (unpaired) electrons. The number of amides is 2. The molecule has 2 amide bonds. The van der Waals surface area contributed by atoms with Gasteiger partial charge in [0.2, 0.25) is 0 Å². The zero-order chi connectivity index (χ0) is 22.7. The van der Waals surface area contributed by atoms with Crippen LogP contribution in [0.2, 0.25) is 5.02 Å². The zero-order valence-corrected chi connectivity index (χ0v) is 17.9. The van der Waals surface area contributed by atoms with Crippen LogP contribution in [-0.4, -0.2) is 18.9 Å². The van der Waals surface area contributed by atoms with E-state index in [-0.39, 0.29) is 17.7 Å². The predicted molar refractivity (Wildman–Crippen MR) is 123 cm³/mol. The SMILES string of the molecule is COc1ccccc1NC(=O)/C(C#N)=C1/C(=O)N(Cc2ccccc2Cl)c2ccccc21. The molecule has 0 unspecified atom stereocenters. The van der Waals surface area contributed by atoms with Crippen LogP contribution in [0.4, 0.5) is 11.4 Å². The molecule has 0 saturated heterocycles. The van der Waals surface area contributed by atoms with Crippen molar-refractivity contribution in [2.75, 3.05) is 17.3 Å². The van der Waals surface area contributed by atoms with Gasteiger partial charge in [0.05, 0.1) is 30.6 Å². The highest BCUT2D eigenvalue weighted by atomic mass is 35.5. The van der Waals surface area contributed by atoms with Gasteiger partial charge in [-0.1, -0.05) is 60.1 Å². The van der Waals surface area contributed by atoms with E-state index in [9.17, 15) is 14.9 Å². The fourth-order valence-electron chi connectivity index (χ4n) is 3.63. The topological polar surface area (TPSA) is 82.4 Å². The maximum absolute atomic E-state index is 13.4. The van der Waals surface area contributed by atoms with E-state index in [1.807, 2.05) is 24.3 Å². The standard InChI is InChI=1S/C25H18ClN3O3/c1-32-22-13-7-5-11-20(22)28-24(30)18(14-27)23-17-9-3-6-12-21(17)29(25(23)31)15-16-8-2-4-10-19(16)26/h2-13H,15H2,1H3,(H,28,30)/b23-18+. The summed E-state index contributed by atoms with van der Waals surface area (Å²) < 4.78 is 5.26. The van der Waals surface area contributed by atoms with Gasteiger partial charge in [-0.15, -0.1) is 0 Å². The van der Waals surface area contributed by atoms with Gasteiger partial charge in [-0.2, -0.15) is 5.26 Å². The van der Waals surface area contributed by atoms with Crippen molar-refractivity contribution in [3.63, 3.8) is 0 Å². The normalized spacial score (nSPS) is 13.9. The van der Waals surface area contributed by atoms with E-state index in [0.29, 0.717) is 27.7 Å². The first-order valence-electron chi connectivity index (χ1n) is 9.78. The van der Waals surface area contributed by atoms with Crippen molar-refractivity contribution in [2.24, 2.45) is 0 Å². The molecule has 1 aliphatic heterocycles. The number of methoxy groups -OCH3 is 1. The van der Waals surface area contributed by atoms with Gasteiger partial charge >= 0.3 is 0 Å². The van der Waals surface area contributed by atoms with Crippen molar-refractivity contribution in [3.05, 3.63) is 94.5 Å². The zero-order valence-electron chi connectivity index (χ0n) is 17.1. The van der Waals surface area contributed by atoms with Crippen LogP contribution < -0.4 is 15.0 Å². The third-order valence-electron chi connectivity index (χ3n) is 5.15. The van der Waals surface area contributed by atoms with E-state index >= 15 is 0 Å². The fourth-order valence-corrected chi connectivity index (χ4v) is 3.82. The maximum Gasteiger partial charge on any atom is 0.267 e. The Hall–Kier alpha value is -4.08. The summed E-state index contributed by atoms with van der Waals surface area (Å²) in [6.07, 6.45) is 0. The van der Waals surface area contributed by atoms with Crippen LogP contribution in [0.1, 0.15) is 11.1 Å². The van der Waals surface area contributed by atoms with Gasteiger partial charge in [-0.05, 0) is 29.8 Å². The second-order valence-electron chi connectivity index (χ2n) is 7.02. The summed E-state index contributed by atoms with van der Waals surface area (Å²) in [6.45, 7) is 0.214. The van der Waals surface area contributed by atoms with Gasteiger partial charge in [0.15, 0.2) is 0 Å². The van der Waals surface area contributed by atoms with E-state index < -0.39 is 11.8 Å². The Kier molecular flexibility index (Phi) is 5.93. The van der Waals surface area contributed by atoms with Crippen molar-refractivity contribution >= 4 is 40.4 Å². The van der Waals surface area contributed by atoms with E-state index in [1.165, 1.54) is 12.0 Å². The van der Waals surface area contributed by atoms with Crippen LogP contribution >= 0.6 is 11.6 Å². The van der Waals surface area contributed by atoms with Crippen molar-refractivity contribution in [1.29, 1.82) is 5.26 Å². The highest BCUT2D eigenvalue weighted by Gasteiger charge is 2.36. The Labute approximate surface area is 190 Å². The smallest absolute Gasteiger partial charge is 0.267 e. The Balaban J connectivity index is 1.75. The Morgan fingerprint density at radius 2 is 1.75 bits per heavy atom. The first kappa shape index (κ1) is 21.2. The number of carbonyl (C=O) groups is 2. The van der Waals surface area contributed by atoms with E-state index in [0.717, 1.165) is 5.56 Å². The van der Waals surface area contributed by atoms with E-state index in [4.69, 9.17) is 16.3 Å². The van der Waals surface area contributed by atoms with Gasteiger partial charge in [0, 0.05) is 10.6 Å². The highest BCUT2D eigenvalue weighted by molar-refractivity contribution is 6.38. The molecule has 1 aliphatic rings. The molecule has 0 spiro atoms. The first-order chi connectivity index (χ1) is 15.5. The van der Waals surface area contributed by atoms with E-state index in [2.05, 4.69) is 5.32 Å². The van der Waals surface area contributed by atoms with Crippen LogP contribution in [0.5, 0.6) is 5.75 Å². The number of halogens is 1. The summed E-state index contributed by atoms with van der Waals surface area (Å²) >= 11 is 6.29. The molecule has 1 N–H and O–H groups in total. The van der Waals surface area contributed by atoms with Crippen LogP contribution in [0.3, 0.4) is 0 Å². The van der Waals surface area contributed by atoms with Crippen LogP contribution in [0.15, 0.2) is 78.4 Å². The summed E-state index contributed by atoms with van der Waals surface area (Å²) in [5.74, 6) is -0.672. The second kappa shape index (κ2) is 8.96. The lowest BCUT2D eigenvalue weighted by atomic mass is 10.0. The number of anilines is 2. The molecule has 158 valence electrons. The number of carbonyl (C=O) groups excluding carboxylic acids is 2. The summed E-state index contributed by atoms with van der Waals surface area (Å²) in [6, 6.07) is 23.1. The molecule has 0 saturated carbocycles. The van der Waals surface area contributed by atoms with Gasteiger partial charge in [-0.3, -0.25) is 9.59 Å². The second-order valence-corrected chi connectivity index (χ2v) is 7.42. The number of para-hydroxylation sites is 3. The van der Waals surface area contributed by atoms with Crippen molar-refractivity contribution in [1.82, 2.24) is 0 Å². The number of rotatable bonds is 5. The average molecular weight is 444 g/mol. The summed E-state index contributed by atoms with van der Waals surface area (Å²) in [5.41, 5.74) is 2.09. The van der Waals surface area contributed by atoms with Gasteiger partial charge in [0.1, 0.15) is 17.4 Å². The lowest BCUT2D eigenvalue weighted by Crippen LogP contribution is -2.27. The monoisotopic (exact) mass is 443 g/mol. The summed E-state index contributed by atoms with van der Waals surface area (Å²) in [5, 5.41) is 13.0. The molecule has 0 bridgehead atoms. The van der Waals surface area contributed by atoms with Crippen molar-refractivity contribution in [2.45, 2.75) is 6.54 Å². The number of fused-ring (bicyclic) bond motifs is 1. The molecule has 0 atom stereocenters. The molecule has 0 aromatic heterocycles. The predicted octanol–water partition coefficient (Wildman–Crippen LogP) is 4.81. The molecule has 6 nitrogen and oxygen atoms in total. The lowest BCUT2D eigenvalue weighted by molar-refractivity contribution is -0.114. The lowest BCUT2D eigenvalue weighted by Gasteiger charge is -2.18. The minimum absolute atomic E-state index is 0.0579. The quantitative estimate of drug-likeness (QED) is 0.453. The van der Waals surface area contributed by atoms with Crippen LogP contribution in [0, 0.1) is 11.3 Å². The molecular formula is C25H18ClN3O3. The Morgan fingerprint density at radius 1 is 1.06 bits per heavy atom.